The Morgan fingerprint density at radius 3 is 2.95 bits per heavy atom. The highest BCUT2D eigenvalue weighted by Crippen LogP contribution is 2.25. The van der Waals surface area contributed by atoms with Crippen molar-refractivity contribution in [3.63, 3.8) is 0 Å². The van der Waals surface area contributed by atoms with Gasteiger partial charge in [-0.2, -0.15) is 0 Å². The van der Waals surface area contributed by atoms with Crippen LogP contribution in [0.2, 0.25) is 0 Å². The van der Waals surface area contributed by atoms with Crippen molar-refractivity contribution >= 4 is 0 Å². The van der Waals surface area contributed by atoms with E-state index in [1.807, 2.05) is 18.2 Å². The van der Waals surface area contributed by atoms with Crippen LogP contribution in [0.5, 0.6) is 5.75 Å². The van der Waals surface area contributed by atoms with E-state index in [1.165, 1.54) is 12.0 Å². The topological polar surface area (TPSA) is 32.7 Å². The maximum atomic E-state index is 9.58. The highest BCUT2D eigenvalue weighted by atomic mass is 16.5. The van der Waals surface area contributed by atoms with Crippen LogP contribution in [0.15, 0.2) is 24.3 Å². The van der Waals surface area contributed by atoms with E-state index in [0.717, 1.165) is 25.4 Å². The fourth-order valence-corrected chi connectivity index (χ4v) is 2.78. The monoisotopic (exact) mass is 263 g/mol. The standard InChI is InChI=1S/C16H25NO2/c1-3-17-8-7-14(10-17)15(11-18)12-19-16-6-4-5-13(2)9-16/h4-6,9,14-15,18H,3,7-8,10-12H2,1-2H3. The third kappa shape index (κ3) is 3.95. The van der Waals surface area contributed by atoms with Gasteiger partial charge in [0, 0.05) is 19.1 Å². The van der Waals surface area contributed by atoms with Crippen molar-refractivity contribution in [2.45, 2.75) is 20.3 Å². The Labute approximate surface area is 116 Å². The number of benzene rings is 1. The molecule has 1 heterocycles. The van der Waals surface area contributed by atoms with E-state index < -0.39 is 0 Å². The molecule has 0 saturated carbocycles. The Balaban J connectivity index is 1.86. The molecule has 19 heavy (non-hydrogen) atoms. The summed E-state index contributed by atoms with van der Waals surface area (Å²) in [6, 6.07) is 8.09. The van der Waals surface area contributed by atoms with Gasteiger partial charge in [0.2, 0.25) is 0 Å². The van der Waals surface area contributed by atoms with Crippen LogP contribution in [0.4, 0.5) is 0 Å². The zero-order chi connectivity index (χ0) is 13.7. The second-order valence-electron chi connectivity index (χ2n) is 5.51. The normalized spacial score (nSPS) is 21.5. The van der Waals surface area contributed by atoms with Crippen molar-refractivity contribution in [2.24, 2.45) is 11.8 Å². The van der Waals surface area contributed by atoms with Gasteiger partial charge in [-0.25, -0.2) is 0 Å². The third-order valence-electron chi connectivity index (χ3n) is 4.11. The summed E-state index contributed by atoms with van der Waals surface area (Å²) in [4.78, 5) is 2.44. The van der Waals surface area contributed by atoms with E-state index in [2.05, 4.69) is 24.8 Å². The first-order chi connectivity index (χ1) is 9.22. The molecule has 2 atom stereocenters. The highest BCUT2D eigenvalue weighted by Gasteiger charge is 2.28. The van der Waals surface area contributed by atoms with Gasteiger partial charge in [-0.1, -0.05) is 19.1 Å². The Bertz CT molecular complexity index is 394. The van der Waals surface area contributed by atoms with E-state index >= 15 is 0 Å². The molecule has 1 N–H and O–H groups in total. The number of hydrogen-bond acceptors (Lipinski definition) is 3. The molecule has 3 nitrogen and oxygen atoms in total. The fourth-order valence-electron chi connectivity index (χ4n) is 2.78. The minimum Gasteiger partial charge on any atom is -0.493 e. The van der Waals surface area contributed by atoms with Gasteiger partial charge >= 0.3 is 0 Å². The molecule has 0 radical (unpaired) electrons. The Morgan fingerprint density at radius 2 is 2.32 bits per heavy atom. The van der Waals surface area contributed by atoms with Gasteiger partial charge in [0.25, 0.3) is 0 Å². The summed E-state index contributed by atoms with van der Waals surface area (Å²) in [5.41, 5.74) is 1.20. The first-order valence-electron chi connectivity index (χ1n) is 7.25. The quantitative estimate of drug-likeness (QED) is 0.855. The van der Waals surface area contributed by atoms with Gasteiger partial charge in [0.05, 0.1) is 6.61 Å². The molecule has 1 aliphatic heterocycles. The first kappa shape index (κ1) is 14.4. The predicted octanol–water partition coefficient (Wildman–Crippen LogP) is 2.32. The third-order valence-corrected chi connectivity index (χ3v) is 4.11. The molecular weight excluding hydrogens is 238 g/mol. The van der Waals surface area contributed by atoms with Crippen molar-refractivity contribution in [3.05, 3.63) is 29.8 Å². The van der Waals surface area contributed by atoms with Crippen molar-refractivity contribution in [3.8, 4) is 5.75 Å². The zero-order valence-corrected chi connectivity index (χ0v) is 12.0. The number of aryl methyl sites for hydroxylation is 1. The molecule has 2 unspecified atom stereocenters. The molecule has 0 amide bonds. The average Bonchev–Trinajstić information content (AvgIpc) is 2.88. The summed E-state index contributed by atoms with van der Waals surface area (Å²) < 4.78 is 5.84. The van der Waals surface area contributed by atoms with Gasteiger partial charge in [0.1, 0.15) is 5.75 Å². The molecule has 1 aliphatic rings. The molecule has 1 aromatic carbocycles. The first-order valence-corrected chi connectivity index (χ1v) is 7.25. The van der Waals surface area contributed by atoms with E-state index in [4.69, 9.17) is 4.74 Å². The molecule has 0 aromatic heterocycles. The van der Waals surface area contributed by atoms with Crippen LogP contribution in [0.1, 0.15) is 18.9 Å². The summed E-state index contributed by atoms with van der Waals surface area (Å²) >= 11 is 0. The molecule has 0 aliphatic carbocycles. The zero-order valence-electron chi connectivity index (χ0n) is 12.0. The largest absolute Gasteiger partial charge is 0.493 e. The van der Waals surface area contributed by atoms with Crippen LogP contribution < -0.4 is 4.74 Å². The van der Waals surface area contributed by atoms with Gasteiger partial charge in [-0.15, -0.1) is 0 Å². The smallest absolute Gasteiger partial charge is 0.119 e. The van der Waals surface area contributed by atoms with Crippen LogP contribution in [-0.2, 0) is 0 Å². The molecule has 3 heteroatoms. The molecule has 0 spiro atoms. The van der Waals surface area contributed by atoms with E-state index in [1.54, 1.807) is 0 Å². The number of ether oxygens (including phenoxy) is 1. The lowest BCUT2D eigenvalue weighted by atomic mass is 9.93. The van der Waals surface area contributed by atoms with Gasteiger partial charge in [-0.3, -0.25) is 0 Å². The van der Waals surface area contributed by atoms with Crippen LogP contribution in [0.25, 0.3) is 0 Å². The average molecular weight is 263 g/mol. The van der Waals surface area contributed by atoms with Crippen LogP contribution >= 0.6 is 0 Å². The minimum atomic E-state index is 0.216. The van der Waals surface area contributed by atoms with Crippen molar-refractivity contribution in [1.29, 1.82) is 0 Å². The maximum Gasteiger partial charge on any atom is 0.119 e. The SMILES string of the molecule is CCN1CCC(C(CO)COc2cccc(C)c2)C1. The summed E-state index contributed by atoms with van der Waals surface area (Å²) in [5.74, 6) is 1.72. The molecule has 1 fully saturated rings. The second kappa shape index (κ2) is 6.92. The lowest BCUT2D eigenvalue weighted by molar-refractivity contribution is 0.119. The number of nitrogens with zero attached hydrogens (tertiary/aromatic N) is 1. The lowest BCUT2D eigenvalue weighted by Gasteiger charge is -2.22. The lowest BCUT2D eigenvalue weighted by Crippen LogP contribution is -2.28. The van der Waals surface area contributed by atoms with E-state index in [0.29, 0.717) is 12.5 Å². The van der Waals surface area contributed by atoms with Crippen molar-refractivity contribution < 1.29 is 9.84 Å². The number of rotatable bonds is 6. The van der Waals surface area contributed by atoms with Crippen LogP contribution in [0.3, 0.4) is 0 Å². The molecular formula is C16H25NO2. The van der Waals surface area contributed by atoms with Gasteiger partial charge in [-0.05, 0) is 50.0 Å². The Morgan fingerprint density at radius 1 is 1.47 bits per heavy atom. The summed E-state index contributed by atoms with van der Waals surface area (Å²) in [6.45, 7) is 8.44. The van der Waals surface area contributed by atoms with Crippen LogP contribution in [0, 0.1) is 18.8 Å². The maximum absolute atomic E-state index is 9.58. The molecule has 2 rings (SSSR count). The highest BCUT2D eigenvalue weighted by molar-refractivity contribution is 5.27. The van der Waals surface area contributed by atoms with Gasteiger partial charge in [0.15, 0.2) is 0 Å². The summed E-state index contributed by atoms with van der Waals surface area (Å²) in [7, 11) is 0. The summed E-state index contributed by atoms with van der Waals surface area (Å²) in [5, 5.41) is 9.58. The number of aliphatic hydroxyl groups excluding tert-OH is 1. The minimum absolute atomic E-state index is 0.216. The van der Waals surface area contributed by atoms with Gasteiger partial charge < -0.3 is 14.7 Å². The molecule has 1 saturated heterocycles. The molecule has 106 valence electrons. The van der Waals surface area contributed by atoms with Crippen molar-refractivity contribution in [1.82, 2.24) is 4.90 Å². The molecule has 0 bridgehead atoms. The fraction of sp³-hybridized carbons (Fsp3) is 0.625. The number of hydrogen-bond donors (Lipinski definition) is 1. The number of aliphatic hydroxyl groups is 1. The van der Waals surface area contributed by atoms with Crippen molar-refractivity contribution in [2.75, 3.05) is 32.8 Å². The van der Waals surface area contributed by atoms with E-state index in [-0.39, 0.29) is 12.5 Å². The Hall–Kier alpha value is -1.06. The predicted molar refractivity (Wildman–Crippen MR) is 77.5 cm³/mol. The number of likely N-dealkylation sites (tertiary alicyclic amines) is 1. The molecule has 1 aromatic rings. The Kier molecular flexibility index (Phi) is 5.23. The second-order valence-corrected chi connectivity index (χ2v) is 5.51. The van der Waals surface area contributed by atoms with Crippen LogP contribution in [-0.4, -0.2) is 42.9 Å². The summed E-state index contributed by atoms with van der Waals surface area (Å²) in [6.07, 6.45) is 1.18. The van der Waals surface area contributed by atoms with E-state index in [9.17, 15) is 5.11 Å².